The highest BCUT2D eigenvalue weighted by Crippen LogP contribution is 2.29. The van der Waals surface area contributed by atoms with Gasteiger partial charge in [0.05, 0.1) is 0 Å². The number of carbonyl (C=O) groups excluding carboxylic acids is 1. The van der Waals surface area contributed by atoms with Crippen LogP contribution in [0.15, 0.2) is 30.9 Å². The molecule has 2 rings (SSSR count). The third-order valence-corrected chi connectivity index (χ3v) is 2.84. The quantitative estimate of drug-likeness (QED) is 0.512. The van der Waals surface area contributed by atoms with E-state index in [1.165, 1.54) is 17.2 Å². The second-order valence-electron chi connectivity index (χ2n) is 4.03. The van der Waals surface area contributed by atoms with Gasteiger partial charge in [-0.3, -0.25) is 4.79 Å². The molecule has 0 spiro atoms. The topological polar surface area (TPSA) is 17.1 Å². The molecule has 14 heavy (non-hydrogen) atoms. The Labute approximate surface area is 84.5 Å². The maximum atomic E-state index is 11.6. The first-order chi connectivity index (χ1) is 6.72. The Kier molecular flexibility index (Phi) is 2.24. The summed E-state index contributed by atoms with van der Waals surface area (Å²) >= 11 is 0. The fraction of sp³-hybridized carbons (Fsp3) is 0.308. The van der Waals surface area contributed by atoms with Gasteiger partial charge in [0, 0.05) is 5.56 Å². The molecule has 0 bridgehead atoms. The average molecular weight is 186 g/mol. The molecule has 0 aliphatic heterocycles. The fourth-order valence-electron chi connectivity index (χ4n) is 2.20. The smallest absolute Gasteiger partial charge is 0.185 e. The highest BCUT2D eigenvalue weighted by atomic mass is 16.1. The molecule has 1 heteroatoms. The third kappa shape index (κ3) is 1.39. The lowest BCUT2D eigenvalue weighted by molar-refractivity contribution is 0.104. The van der Waals surface area contributed by atoms with Crippen LogP contribution in [-0.2, 0) is 12.8 Å². The molecule has 0 N–H and O–H groups in total. The SMILES string of the molecule is C=CC(=O)c1cccc2c1C[C@@H](C)C2. The normalized spacial score (nSPS) is 19.1. The Balaban J connectivity index is 2.49. The summed E-state index contributed by atoms with van der Waals surface area (Å²) in [5, 5.41) is 0. The summed E-state index contributed by atoms with van der Waals surface area (Å²) in [7, 11) is 0. The zero-order valence-electron chi connectivity index (χ0n) is 8.42. The van der Waals surface area contributed by atoms with Crippen LogP contribution in [-0.4, -0.2) is 5.78 Å². The van der Waals surface area contributed by atoms with Crippen LogP contribution in [0.1, 0.15) is 28.4 Å². The van der Waals surface area contributed by atoms with Crippen molar-refractivity contribution in [3.63, 3.8) is 0 Å². The first-order valence-electron chi connectivity index (χ1n) is 5.00. The van der Waals surface area contributed by atoms with Crippen LogP contribution < -0.4 is 0 Å². The minimum absolute atomic E-state index is 0.0518. The number of fused-ring (bicyclic) bond motifs is 1. The number of hydrogen-bond donors (Lipinski definition) is 0. The number of allylic oxidation sites excluding steroid dienone is 1. The van der Waals surface area contributed by atoms with Crippen molar-refractivity contribution >= 4 is 5.78 Å². The zero-order valence-corrected chi connectivity index (χ0v) is 8.42. The van der Waals surface area contributed by atoms with Gasteiger partial charge in [-0.05, 0) is 36.0 Å². The van der Waals surface area contributed by atoms with E-state index in [0.29, 0.717) is 5.92 Å². The molecular weight excluding hydrogens is 172 g/mol. The number of hydrogen-bond acceptors (Lipinski definition) is 1. The van der Waals surface area contributed by atoms with Gasteiger partial charge in [0.1, 0.15) is 0 Å². The van der Waals surface area contributed by atoms with E-state index in [0.717, 1.165) is 18.4 Å². The molecule has 1 aliphatic rings. The number of ketones is 1. The Morgan fingerprint density at radius 2 is 2.29 bits per heavy atom. The van der Waals surface area contributed by atoms with Gasteiger partial charge in [0.15, 0.2) is 5.78 Å². The van der Waals surface area contributed by atoms with Crippen molar-refractivity contribution in [3.05, 3.63) is 47.5 Å². The van der Waals surface area contributed by atoms with Gasteiger partial charge in [-0.2, -0.15) is 0 Å². The minimum atomic E-state index is 0.0518. The number of rotatable bonds is 2. The largest absolute Gasteiger partial charge is 0.289 e. The molecule has 1 aliphatic carbocycles. The van der Waals surface area contributed by atoms with E-state index >= 15 is 0 Å². The summed E-state index contributed by atoms with van der Waals surface area (Å²) in [6.45, 7) is 5.76. The molecule has 0 unspecified atom stereocenters. The summed E-state index contributed by atoms with van der Waals surface area (Å²) in [5.41, 5.74) is 3.43. The highest BCUT2D eigenvalue weighted by molar-refractivity contribution is 6.05. The molecule has 0 aromatic heterocycles. The van der Waals surface area contributed by atoms with Crippen LogP contribution in [0, 0.1) is 5.92 Å². The Morgan fingerprint density at radius 1 is 1.50 bits per heavy atom. The van der Waals surface area contributed by atoms with Crippen molar-refractivity contribution in [3.8, 4) is 0 Å². The highest BCUT2D eigenvalue weighted by Gasteiger charge is 2.21. The van der Waals surface area contributed by atoms with Gasteiger partial charge in [-0.15, -0.1) is 0 Å². The molecule has 1 aromatic carbocycles. The predicted molar refractivity (Wildman–Crippen MR) is 57.5 cm³/mol. The van der Waals surface area contributed by atoms with Gasteiger partial charge in [0.2, 0.25) is 0 Å². The van der Waals surface area contributed by atoms with Gasteiger partial charge < -0.3 is 0 Å². The summed E-state index contributed by atoms with van der Waals surface area (Å²) in [4.78, 5) is 11.6. The molecule has 0 saturated heterocycles. The molecule has 0 heterocycles. The van der Waals surface area contributed by atoms with E-state index in [1.54, 1.807) is 0 Å². The van der Waals surface area contributed by atoms with Crippen LogP contribution in [0.5, 0.6) is 0 Å². The lowest BCUT2D eigenvalue weighted by atomic mass is 10.00. The van der Waals surface area contributed by atoms with E-state index in [1.807, 2.05) is 12.1 Å². The molecule has 1 nitrogen and oxygen atoms in total. The van der Waals surface area contributed by atoms with E-state index in [2.05, 4.69) is 19.6 Å². The standard InChI is InChI=1S/C13H14O/c1-3-13(14)11-6-4-5-10-7-9(2)8-12(10)11/h3-6,9H,1,7-8H2,2H3/t9-/m0/s1. The second kappa shape index (κ2) is 3.41. The van der Waals surface area contributed by atoms with Crippen molar-refractivity contribution in [1.82, 2.24) is 0 Å². The van der Waals surface area contributed by atoms with E-state index in [4.69, 9.17) is 0 Å². The van der Waals surface area contributed by atoms with Crippen LogP contribution in [0.25, 0.3) is 0 Å². The Hall–Kier alpha value is -1.37. The molecule has 0 amide bonds. The molecule has 72 valence electrons. The monoisotopic (exact) mass is 186 g/mol. The average Bonchev–Trinajstić information content (AvgIpc) is 2.56. The lowest BCUT2D eigenvalue weighted by Gasteiger charge is -2.04. The molecule has 1 aromatic rings. The van der Waals surface area contributed by atoms with Gasteiger partial charge >= 0.3 is 0 Å². The Bertz CT molecular complexity index is 390. The maximum absolute atomic E-state index is 11.6. The van der Waals surface area contributed by atoms with Crippen molar-refractivity contribution in [2.75, 3.05) is 0 Å². The zero-order chi connectivity index (χ0) is 10.1. The van der Waals surface area contributed by atoms with Crippen molar-refractivity contribution in [2.45, 2.75) is 19.8 Å². The fourth-order valence-corrected chi connectivity index (χ4v) is 2.20. The van der Waals surface area contributed by atoms with Crippen LogP contribution in [0.3, 0.4) is 0 Å². The summed E-state index contributed by atoms with van der Waals surface area (Å²) < 4.78 is 0. The van der Waals surface area contributed by atoms with Gasteiger partial charge in [-0.1, -0.05) is 31.7 Å². The molecule has 0 fully saturated rings. The van der Waals surface area contributed by atoms with Gasteiger partial charge in [-0.25, -0.2) is 0 Å². The van der Waals surface area contributed by atoms with E-state index < -0.39 is 0 Å². The third-order valence-electron chi connectivity index (χ3n) is 2.84. The minimum Gasteiger partial charge on any atom is -0.289 e. The second-order valence-corrected chi connectivity index (χ2v) is 4.03. The van der Waals surface area contributed by atoms with Crippen LogP contribution in [0.2, 0.25) is 0 Å². The first-order valence-corrected chi connectivity index (χ1v) is 5.00. The summed E-state index contributed by atoms with van der Waals surface area (Å²) in [6, 6.07) is 5.99. The molecule has 0 radical (unpaired) electrons. The molecule has 1 atom stereocenters. The number of benzene rings is 1. The summed E-state index contributed by atoms with van der Waals surface area (Å²) in [6.07, 6.45) is 3.54. The predicted octanol–water partition coefficient (Wildman–Crippen LogP) is 2.79. The molecule has 0 saturated carbocycles. The Morgan fingerprint density at radius 3 is 3.00 bits per heavy atom. The van der Waals surface area contributed by atoms with Crippen molar-refractivity contribution in [2.24, 2.45) is 5.92 Å². The summed E-state index contributed by atoms with van der Waals surface area (Å²) in [5.74, 6) is 0.722. The maximum Gasteiger partial charge on any atom is 0.185 e. The molecular formula is C13H14O. The van der Waals surface area contributed by atoms with Crippen LogP contribution >= 0.6 is 0 Å². The van der Waals surface area contributed by atoms with Crippen molar-refractivity contribution < 1.29 is 4.79 Å². The lowest BCUT2D eigenvalue weighted by Crippen LogP contribution is -2.00. The first kappa shape index (κ1) is 9.20. The van der Waals surface area contributed by atoms with E-state index in [9.17, 15) is 4.79 Å². The van der Waals surface area contributed by atoms with Crippen LogP contribution in [0.4, 0.5) is 0 Å². The van der Waals surface area contributed by atoms with Gasteiger partial charge in [0.25, 0.3) is 0 Å². The van der Waals surface area contributed by atoms with Crippen molar-refractivity contribution in [1.29, 1.82) is 0 Å². The number of carbonyl (C=O) groups is 1. The van der Waals surface area contributed by atoms with E-state index in [-0.39, 0.29) is 5.78 Å².